The van der Waals surface area contributed by atoms with Crippen LogP contribution in [0.25, 0.3) is 31.9 Å². The lowest BCUT2D eigenvalue weighted by Crippen LogP contribution is -2.54. The van der Waals surface area contributed by atoms with Crippen molar-refractivity contribution in [3.05, 3.63) is 94.1 Å². The topological polar surface area (TPSA) is 181 Å². The normalized spacial score (nSPS) is 19.4. The maximum absolute atomic E-state index is 14.3. The maximum atomic E-state index is 14.3. The minimum absolute atomic E-state index is 0.0557. The molecule has 4 atom stereocenters. The summed E-state index contributed by atoms with van der Waals surface area (Å²) in [5.41, 5.74) is 6.07. The molecule has 328 valence electrons. The molecule has 3 aliphatic heterocycles. The van der Waals surface area contributed by atoms with E-state index >= 15 is 0 Å². The highest BCUT2D eigenvalue weighted by Crippen LogP contribution is 2.38. The number of thiophene rings is 1. The second kappa shape index (κ2) is 17.8. The van der Waals surface area contributed by atoms with Crippen LogP contribution in [0.5, 0.6) is 5.75 Å². The van der Waals surface area contributed by atoms with Crippen molar-refractivity contribution in [1.29, 1.82) is 0 Å². The number of thiazole rings is 1. The number of amides is 3. The number of aromatic hydroxyl groups is 1. The Hall–Kier alpha value is -5.75. The Morgan fingerprint density at radius 2 is 1.71 bits per heavy atom. The van der Waals surface area contributed by atoms with Crippen LogP contribution < -0.4 is 10.2 Å². The van der Waals surface area contributed by atoms with Crippen LogP contribution in [-0.4, -0.2) is 127 Å². The summed E-state index contributed by atoms with van der Waals surface area (Å²) in [5, 5.41) is 38.2. The van der Waals surface area contributed by atoms with Crippen molar-refractivity contribution in [2.45, 2.75) is 64.1 Å². The zero-order valence-corrected chi connectivity index (χ0v) is 37.3. The van der Waals surface area contributed by atoms with E-state index in [1.54, 1.807) is 34.8 Å². The molecular weight excluding hydrogens is 839 g/mol. The number of fused-ring (bicyclic) bond motifs is 1. The fourth-order valence-corrected chi connectivity index (χ4v) is 10.7. The molecule has 2 aromatic carbocycles. The average Bonchev–Trinajstić information content (AvgIpc) is 4.08. The van der Waals surface area contributed by atoms with Crippen molar-refractivity contribution in [2.75, 3.05) is 57.3 Å². The average molecular weight is 890 g/mol. The number of aromatic nitrogens is 4. The first-order valence-electron chi connectivity index (χ1n) is 21.5. The summed E-state index contributed by atoms with van der Waals surface area (Å²) >= 11 is 3.19. The standard InChI is InChI=1S/C46H51N9O6S2/c1-26(2)42(46(60)55-23-33(56)19-36(55)44(59)48-27(3)29-9-11-30(12-10-29)43-28(4)47-25-62-43)38-20-40(51-61-38)53-15-13-52(14-16-53)24-41(58)54-21-32(22-54)39-18-31-17-35(49-50-45(31)63-39)34-7-5-6-8-37(34)57/h5-12,17-18,20,25-27,32-33,36,42,56-57H,13-16,19,21-24H2,1-4H3,(H,48,59)/t27-,33+,36-,42+/m0/s1. The number of anilines is 1. The van der Waals surface area contributed by atoms with E-state index in [4.69, 9.17) is 4.52 Å². The van der Waals surface area contributed by atoms with Crippen LogP contribution in [0.3, 0.4) is 0 Å². The zero-order valence-electron chi connectivity index (χ0n) is 35.7. The summed E-state index contributed by atoms with van der Waals surface area (Å²) in [6.07, 6.45) is -0.675. The molecular formula is C46H51N9O6S2. The Morgan fingerprint density at radius 1 is 0.952 bits per heavy atom. The van der Waals surface area contributed by atoms with E-state index in [1.807, 2.05) is 86.6 Å². The van der Waals surface area contributed by atoms with Crippen LogP contribution in [0, 0.1) is 12.8 Å². The first kappa shape index (κ1) is 42.5. The van der Waals surface area contributed by atoms with Crippen molar-refractivity contribution < 1.29 is 29.1 Å². The number of β-amino-alcohol motifs (C(OH)–C–C–N with tert-alkyl or cyclic N) is 1. The molecule has 0 radical (unpaired) electrons. The van der Waals surface area contributed by atoms with Crippen LogP contribution in [0.2, 0.25) is 0 Å². The van der Waals surface area contributed by atoms with Gasteiger partial charge < -0.3 is 34.8 Å². The molecule has 3 fully saturated rings. The Bertz CT molecular complexity index is 2610. The highest BCUT2D eigenvalue weighted by atomic mass is 32.1. The smallest absolute Gasteiger partial charge is 0.243 e. The second-order valence-electron chi connectivity index (χ2n) is 17.2. The number of hydrogen-bond acceptors (Lipinski definition) is 14. The first-order valence-corrected chi connectivity index (χ1v) is 23.2. The predicted molar refractivity (Wildman–Crippen MR) is 242 cm³/mol. The SMILES string of the molecule is Cc1ncsc1-c1ccc([C@H](C)NC(=O)[C@@H]2C[C@@H](O)CN2C(=O)[C@@H](c2cc(N3CCN(CC(=O)N4CC(c5cc6cc(-c7ccccc7O)nnc6s5)C4)CC3)no2)C(C)C)cc1. The largest absolute Gasteiger partial charge is 0.507 e. The number of hydrogen-bond donors (Lipinski definition) is 3. The summed E-state index contributed by atoms with van der Waals surface area (Å²) < 4.78 is 5.86. The molecule has 63 heavy (non-hydrogen) atoms. The molecule has 7 heterocycles. The van der Waals surface area contributed by atoms with Gasteiger partial charge in [0.25, 0.3) is 0 Å². The Labute approximate surface area is 373 Å². The minimum atomic E-state index is -0.827. The number of para-hydroxylation sites is 1. The van der Waals surface area contributed by atoms with Gasteiger partial charge in [0, 0.05) is 80.0 Å². The first-order chi connectivity index (χ1) is 30.4. The lowest BCUT2D eigenvalue weighted by molar-refractivity contribution is -0.141. The molecule has 4 aromatic heterocycles. The zero-order chi connectivity index (χ0) is 43.9. The highest BCUT2D eigenvalue weighted by molar-refractivity contribution is 7.18. The van der Waals surface area contributed by atoms with E-state index in [0.29, 0.717) is 68.6 Å². The number of phenolic OH excluding ortho intramolecular Hbond substituents is 1. The fourth-order valence-electron chi connectivity index (χ4n) is 8.87. The van der Waals surface area contributed by atoms with Gasteiger partial charge in [-0.15, -0.1) is 32.9 Å². The Kier molecular flexibility index (Phi) is 12.0. The van der Waals surface area contributed by atoms with Crippen LogP contribution in [0.15, 0.2) is 76.8 Å². The molecule has 9 rings (SSSR count). The van der Waals surface area contributed by atoms with E-state index < -0.39 is 18.1 Å². The van der Waals surface area contributed by atoms with Gasteiger partial charge in [-0.25, -0.2) is 4.98 Å². The third kappa shape index (κ3) is 8.79. The molecule has 0 saturated carbocycles. The molecule has 17 heteroatoms. The summed E-state index contributed by atoms with van der Waals surface area (Å²) in [5.74, 6) is 0.102. The van der Waals surface area contributed by atoms with E-state index in [1.165, 1.54) is 9.78 Å². The number of carbonyl (C=O) groups is 3. The molecule has 3 amide bonds. The van der Waals surface area contributed by atoms with Gasteiger partial charge in [-0.2, -0.15) is 0 Å². The van der Waals surface area contributed by atoms with E-state index in [2.05, 4.69) is 41.5 Å². The van der Waals surface area contributed by atoms with Crippen LogP contribution in [0.1, 0.15) is 67.0 Å². The summed E-state index contributed by atoms with van der Waals surface area (Å²) in [7, 11) is 0. The number of carbonyl (C=O) groups excluding carboxylic acids is 3. The number of aliphatic hydroxyl groups is 1. The van der Waals surface area contributed by atoms with Crippen molar-refractivity contribution in [3.63, 3.8) is 0 Å². The van der Waals surface area contributed by atoms with Gasteiger partial charge in [0.2, 0.25) is 17.7 Å². The van der Waals surface area contributed by atoms with E-state index in [0.717, 1.165) is 31.9 Å². The molecule has 3 N–H and O–H groups in total. The maximum Gasteiger partial charge on any atom is 0.243 e. The minimum Gasteiger partial charge on any atom is -0.507 e. The molecule has 0 unspecified atom stereocenters. The van der Waals surface area contributed by atoms with Gasteiger partial charge in [-0.1, -0.05) is 55.4 Å². The van der Waals surface area contributed by atoms with Crippen LogP contribution >= 0.6 is 22.7 Å². The predicted octanol–water partition coefficient (Wildman–Crippen LogP) is 5.81. The van der Waals surface area contributed by atoms with Crippen molar-refractivity contribution in [3.8, 4) is 27.4 Å². The number of benzene rings is 2. The fraction of sp³-hybridized carbons (Fsp3) is 0.413. The number of nitrogens with zero attached hydrogens (tertiary/aromatic N) is 8. The molecule has 0 aliphatic carbocycles. The van der Waals surface area contributed by atoms with Gasteiger partial charge in [-0.05, 0) is 55.2 Å². The number of nitrogens with one attached hydrogen (secondary N) is 1. The second-order valence-corrected chi connectivity index (χ2v) is 19.2. The van der Waals surface area contributed by atoms with Crippen molar-refractivity contribution in [1.82, 2.24) is 40.4 Å². The summed E-state index contributed by atoms with van der Waals surface area (Å²) in [6, 6.07) is 19.9. The number of aliphatic hydroxyl groups excluding tert-OH is 1. The van der Waals surface area contributed by atoms with Gasteiger partial charge in [0.1, 0.15) is 22.5 Å². The van der Waals surface area contributed by atoms with Gasteiger partial charge >= 0.3 is 0 Å². The molecule has 3 saturated heterocycles. The number of piperazine rings is 1. The molecule has 6 aromatic rings. The third-order valence-corrected chi connectivity index (χ3v) is 14.7. The van der Waals surface area contributed by atoms with E-state index in [-0.39, 0.29) is 54.3 Å². The number of rotatable bonds is 12. The quantitative estimate of drug-likeness (QED) is 0.134. The number of likely N-dealkylation sites (tertiary alicyclic amines) is 2. The number of aryl methyl sites for hydroxylation is 1. The van der Waals surface area contributed by atoms with Gasteiger partial charge in [0.15, 0.2) is 11.6 Å². The molecule has 15 nitrogen and oxygen atoms in total. The van der Waals surface area contributed by atoms with Crippen LogP contribution in [-0.2, 0) is 14.4 Å². The highest BCUT2D eigenvalue weighted by Gasteiger charge is 2.44. The number of phenols is 1. The summed E-state index contributed by atoms with van der Waals surface area (Å²) in [4.78, 5) is 56.5. The Balaban J connectivity index is 0.764. The lowest BCUT2D eigenvalue weighted by atomic mass is 9.91. The van der Waals surface area contributed by atoms with Gasteiger partial charge in [-0.3, -0.25) is 19.3 Å². The van der Waals surface area contributed by atoms with Crippen molar-refractivity contribution >= 4 is 56.4 Å². The van der Waals surface area contributed by atoms with Crippen LogP contribution in [0.4, 0.5) is 5.82 Å². The van der Waals surface area contributed by atoms with E-state index in [9.17, 15) is 24.6 Å². The molecule has 0 spiro atoms. The molecule has 0 bridgehead atoms. The monoisotopic (exact) mass is 889 g/mol. The molecule has 3 aliphatic rings. The van der Waals surface area contributed by atoms with Crippen molar-refractivity contribution in [2.24, 2.45) is 5.92 Å². The Morgan fingerprint density at radius 3 is 2.43 bits per heavy atom. The summed E-state index contributed by atoms with van der Waals surface area (Å²) in [6.45, 7) is 12.1. The third-order valence-electron chi connectivity index (χ3n) is 12.6. The van der Waals surface area contributed by atoms with Gasteiger partial charge in [0.05, 0.1) is 40.5 Å². The lowest BCUT2D eigenvalue weighted by Gasteiger charge is -2.41.